The van der Waals surface area contributed by atoms with Crippen molar-refractivity contribution in [1.82, 2.24) is 19.8 Å². The van der Waals surface area contributed by atoms with E-state index in [4.69, 9.17) is 5.11 Å². The van der Waals surface area contributed by atoms with Gasteiger partial charge in [-0.3, -0.25) is 24.2 Å². The largest absolute Gasteiger partial charge is 0.480 e. The van der Waals surface area contributed by atoms with Gasteiger partial charge in [0.15, 0.2) is 0 Å². The SMILES string of the molecule is C=C1C=NC(C(C)C)=CN1.C=C1N=CC(C(C)C)=CN1.CC(=O)Cn1ccc(C(C)C)cc1=O.CC(C)c1ccc(=O)n(CC(=O)O)c1. The van der Waals surface area contributed by atoms with Gasteiger partial charge in [0.2, 0.25) is 0 Å². The highest BCUT2D eigenvalue weighted by atomic mass is 16.4. The van der Waals surface area contributed by atoms with E-state index in [1.54, 1.807) is 30.7 Å². The molecule has 4 heterocycles. The highest BCUT2D eigenvalue weighted by Crippen LogP contribution is 2.13. The number of Topliss-reactive ketones (excluding diaryl/α,β-unsaturated/α-hetero) is 1. The molecule has 2 aromatic rings. The summed E-state index contributed by atoms with van der Waals surface area (Å²) in [6.07, 6.45) is 10.7. The van der Waals surface area contributed by atoms with E-state index in [2.05, 4.69) is 61.5 Å². The van der Waals surface area contributed by atoms with Gasteiger partial charge in [0.05, 0.1) is 18.5 Å². The number of carboxylic acid groups (broad SMARTS) is 1. The molecule has 2 aromatic heterocycles. The fourth-order valence-electron chi connectivity index (χ4n) is 3.83. The second-order valence-corrected chi connectivity index (χ2v) is 12.6. The predicted octanol–water partition coefficient (Wildman–Crippen LogP) is 5.96. The van der Waals surface area contributed by atoms with Gasteiger partial charge in [-0.25, -0.2) is 4.99 Å². The Kier molecular flexibility index (Phi) is 17.3. The van der Waals surface area contributed by atoms with Gasteiger partial charge in [0.1, 0.15) is 18.1 Å². The summed E-state index contributed by atoms with van der Waals surface area (Å²) in [7, 11) is 0. The maximum Gasteiger partial charge on any atom is 0.323 e. The van der Waals surface area contributed by atoms with Crippen molar-refractivity contribution in [3.8, 4) is 0 Å². The molecular weight excluding hydrogens is 608 g/mol. The fraction of sp³-hybridized carbons (Fsp3) is 0.405. The lowest BCUT2D eigenvalue weighted by atomic mass is 10.1. The molecule has 48 heavy (non-hydrogen) atoms. The number of rotatable bonds is 8. The second kappa shape index (κ2) is 20.2. The lowest BCUT2D eigenvalue weighted by Gasteiger charge is -2.11. The van der Waals surface area contributed by atoms with Crippen molar-refractivity contribution in [2.24, 2.45) is 21.8 Å². The Bertz CT molecular complexity index is 1620. The minimum absolute atomic E-state index is 0.00982. The summed E-state index contributed by atoms with van der Waals surface area (Å²) in [5.41, 5.74) is 4.73. The molecule has 0 saturated carbocycles. The van der Waals surface area contributed by atoms with E-state index < -0.39 is 5.97 Å². The molecule has 0 atom stereocenters. The lowest BCUT2D eigenvalue weighted by molar-refractivity contribution is -0.137. The van der Waals surface area contributed by atoms with Crippen LogP contribution in [-0.4, -0.2) is 38.4 Å². The van der Waals surface area contributed by atoms with Crippen LogP contribution in [-0.2, 0) is 22.7 Å². The molecule has 0 fully saturated rings. The highest BCUT2D eigenvalue weighted by Gasteiger charge is 2.06. The average Bonchev–Trinajstić information content (AvgIpc) is 3.00. The maximum absolute atomic E-state index is 11.5. The van der Waals surface area contributed by atoms with Crippen molar-refractivity contribution in [3.63, 3.8) is 0 Å². The predicted molar refractivity (Wildman–Crippen MR) is 195 cm³/mol. The van der Waals surface area contributed by atoms with Crippen LogP contribution in [0.15, 0.2) is 105 Å². The number of aromatic nitrogens is 2. The summed E-state index contributed by atoms with van der Waals surface area (Å²) >= 11 is 0. The van der Waals surface area contributed by atoms with Crippen molar-refractivity contribution in [3.05, 3.63) is 117 Å². The zero-order valence-electron chi connectivity index (χ0n) is 29.8. The number of carbonyl (C=O) groups excluding carboxylic acids is 1. The number of carboxylic acids is 1. The monoisotopic (exact) mass is 660 g/mol. The lowest BCUT2D eigenvalue weighted by Crippen LogP contribution is -2.23. The van der Waals surface area contributed by atoms with Gasteiger partial charge in [-0.15, -0.1) is 0 Å². The third kappa shape index (κ3) is 15.5. The van der Waals surface area contributed by atoms with Crippen molar-refractivity contribution < 1.29 is 14.7 Å². The van der Waals surface area contributed by atoms with Crippen molar-refractivity contribution >= 4 is 24.2 Å². The van der Waals surface area contributed by atoms with Gasteiger partial charge >= 0.3 is 5.97 Å². The molecule has 0 aromatic carbocycles. The van der Waals surface area contributed by atoms with Crippen LogP contribution in [0.1, 0.15) is 85.3 Å². The Balaban J connectivity index is 0.000000324. The molecular formula is C37H52N6O5. The number of carbonyl (C=O) groups is 2. The molecule has 0 saturated heterocycles. The molecule has 0 amide bonds. The van der Waals surface area contributed by atoms with Gasteiger partial charge in [0.25, 0.3) is 11.1 Å². The van der Waals surface area contributed by atoms with E-state index in [-0.39, 0.29) is 35.9 Å². The van der Waals surface area contributed by atoms with Crippen LogP contribution < -0.4 is 21.8 Å². The van der Waals surface area contributed by atoms with Crippen LogP contribution in [0.2, 0.25) is 0 Å². The zero-order chi connectivity index (χ0) is 36.6. The van der Waals surface area contributed by atoms with E-state index in [9.17, 15) is 19.2 Å². The topological polar surface area (TPSA) is 147 Å². The Hall–Kier alpha value is -5.06. The molecule has 11 nitrogen and oxygen atoms in total. The number of allylic oxidation sites excluding steroid dienone is 3. The molecule has 0 radical (unpaired) electrons. The number of hydrogen-bond donors (Lipinski definition) is 3. The molecule has 0 unspecified atom stereocenters. The van der Waals surface area contributed by atoms with Gasteiger partial charge < -0.3 is 24.9 Å². The molecule has 3 N–H and O–H groups in total. The van der Waals surface area contributed by atoms with Gasteiger partial charge in [-0.1, -0.05) is 74.6 Å². The summed E-state index contributed by atoms with van der Waals surface area (Å²) in [6.45, 7) is 25.2. The maximum atomic E-state index is 11.5. The fourth-order valence-corrected chi connectivity index (χ4v) is 3.83. The third-order valence-corrected chi connectivity index (χ3v) is 6.87. The Labute approximate surface area is 284 Å². The standard InChI is InChI=1S/C11H15NO2.C10H13NO3.2C8H12N2/c1-8(2)10-4-5-12(7-9(3)13)11(14)6-10;1-7(2)8-3-4-9(12)11(5-8)6-10(13)14;1-6(2)8-4-9-7(3)10-5-8;1-6(2)8-5-9-7(3)4-10-8/h4-6,8H,7H2,1-3H3;3-5,7H,6H2,1-2H3,(H,13,14);2*4-6,9H,3H2,1-2H3. The van der Waals surface area contributed by atoms with Crippen LogP contribution in [0.5, 0.6) is 0 Å². The van der Waals surface area contributed by atoms with Gasteiger partial charge in [-0.2, -0.15) is 0 Å². The molecule has 2 aliphatic heterocycles. The van der Waals surface area contributed by atoms with E-state index in [1.807, 2.05) is 52.4 Å². The number of aliphatic carboxylic acids is 1. The third-order valence-electron chi connectivity index (χ3n) is 6.87. The van der Waals surface area contributed by atoms with Crippen LogP contribution in [0.3, 0.4) is 0 Å². The number of ketones is 1. The molecule has 260 valence electrons. The molecule has 0 bridgehead atoms. The smallest absolute Gasteiger partial charge is 0.323 e. The Morgan fingerprint density at radius 3 is 1.85 bits per heavy atom. The van der Waals surface area contributed by atoms with Crippen LogP contribution in [0.4, 0.5) is 0 Å². The number of pyridine rings is 2. The summed E-state index contributed by atoms with van der Waals surface area (Å²) in [5, 5.41) is 14.5. The summed E-state index contributed by atoms with van der Waals surface area (Å²) in [4.78, 5) is 52.2. The van der Waals surface area contributed by atoms with Crippen molar-refractivity contribution in [1.29, 1.82) is 0 Å². The van der Waals surface area contributed by atoms with E-state index in [1.165, 1.54) is 27.7 Å². The van der Waals surface area contributed by atoms with Crippen LogP contribution in [0.25, 0.3) is 0 Å². The summed E-state index contributed by atoms with van der Waals surface area (Å²) < 4.78 is 2.63. The summed E-state index contributed by atoms with van der Waals surface area (Å²) in [6, 6.07) is 6.60. The first-order valence-corrected chi connectivity index (χ1v) is 15.9. The van der Waals surface area contributed by atoms with E-state index in [0.717, 1.165) is 22.5 Å². The number of aliphatic imine (C=N–C) groups is 2. The van der Waals surface area contributed by atoms with E-state index >= 15 is 0 Å². The first kappa shape index (κ1) is 41.0. The number of hydrogen-bond acceptors (Lipinski definition) is 8. The highest BCUT2D eigenvalue weighted by molar-refractivity contribution is 5.81. The summed E-state index contributed by atoms with van der Waals surface area (Å²) in [5.74, 6) is 1.34. The molecule has 0 spiro atoms. The van der Waals surface area contributed by atoms with Crippen LogP contribution >= 0.6 is 0 Å². The van der Waals surface area contributed by atoms with Gasteiger partial charge in [0, 0.05) is 48.8 Å². The number of nitrogens with zero attached hydrogens (tertiary/aromatic N) is 4. The van der Waals surface area contributed by atoms with Gasteiger partial charge in [-0.05, 0) is 53.4 Å². The molecule has 11 heteroatoms. The molecule has 4 rings (SSSR count). The molecule has 0 aliphatic carbocycles. The van der Waals surface area contributed by atoms with Crippen molar-refractivity contribution in [2.75, 3.05) is 0 Å². The van der Waals surface area contributed by atoms with Crippen molar-refractivity contribution in [2.45, 2.75) is 87.2 Å². The number of nitrogens with one attached hydrogen (secondary N) is 2. The second-order valence-electron chi connectivity index (χ2n) is 12.6. The Morgan fingerprint density at radius 1 is 0.771 bits per heavy atom. The normalized spacial score (nSPS) is 13.3. The first-order chi connectivity index (χ1) is 22.4. The minimum Gasteiger partial charge on any atom is -0.480 e. The first-order valence-electron chi connectivity index (χ1n) is 15.9. The van der Waals surface area contributed by atoms with E-state index in [0.29, 0.717) is 23.6 Å². The Morgan fingerprint density at radius 2 is 1.42 bits per heavy atom. The quantitative estimate of drug-likeness (QED) is 0.317. The molecule has 2 aliphatic rings. The average molecular weight is 661 g/mol. The zero-order valence-corrected chi connectivity index (χ0v) is 29.8. The minimum atomic E-state index is -1.01. The van der Waals surface area contributed by atoms with Crippen LogP contribution in [0, 0.1) is 11.8 Å².